The summed E-state index contributed by atoms with van der Waals surface area (Å²) in [5.41, 5.74) is 1.37. The van der Waals surface area contributed by atoms with Crippen LogP contribution in [-0.2, 0) is 12.2 Å². The monoisotopic (exact) mass is 347 g/mol. The number of fused-ring (bicyclic) bond motifs is 1. The van der Waals surface area contributed by atoms with Gasteiger partial charge >= 0.3 is 0 Å². The van der Waals surface area contributed by atoms with Crippen molar-refractivity contribution in [3.05, 3.63) is 53.5 Å². The summed E-state index contributed by atoms with van der Waals surface area (Å²) in [6, 6.07) is 7.96. The lowest BCUT2D eigenvalue weighted by molar-refractivity contribution is 0.0763. The molecule has 24 heavy (non-hydrogen) atoms. The minimum absolute atomic E-state index is 0.162. The van der Waals surface area contributed by atoms with Gasteiger partial charge in [0.25, 0.3) is 5.91 Å². The number of aromatic amines is 1. The van der Waals surface area contributed by atoms with Crippen LogP contribution in [0.4, 0.5) is 4.39 Å². The van der Waals surface area contributed by atoms with Crippen molar-refractivity contribution in [3.8, 4) is 0 Å². The van der Waals surface area contributed by atoms with Crippen molar-refractivity contribution < 1.29 is 13.6 Å². The van der Waals surface area contributed by atoms with Crippen molar-refractivity contribution in [1.29, 1.82) is 0 Å². The molecule has 1 N–H and O–H groups in total. The molecule has 1 aromatic carbocycles. The van der Waals surface area contributed by atoms with Crippen LogP contribution in [0.1, 0.15) is 22.1 Å². The van der Waals surface area contributed by atoms with E-state index in [2.05, 4.69) is 9.97 Å². The number of H-pyrrole nitrogens is 1. The Labute approximate surface area is 143 Å². The summed E-state index contributed by atoms with van der Waals surface area (Å²) in [5, 5.41) is 0. The number of hydrogen-bond acceptors (Lipinski definition) is 4. The van der Waals surface area contributed by atoms with E-state index in [9.17, 15) is 9.18 Å². The number of thioether (sulfide) groups is 1. The number of hydrogen-bond donors (Lipinski definition) is 1. The van der Waals surface area contributed by atoms with E-state index in [1.165, 1.54) is 12.1 Å². The summed E-state index contributed by atoms with van der Waals surface area (Å²) in [6.45, 7) is 0.486. The van der Waals surface area contributed by atoms with Crippen molar-refractivity contribution in [2.45, 2.75) is 12.2 Å². The fourth-order valence-corrected chi connectivity index (χ4v) is 2.87. The van der Waals surface area contributed by atoms with Crippen molar-refractivity contribution in [2.75, 3.05) is 19.8 Å². The molecule has 0 atom stereocenters. The zero-order valence-electron chi connectivity index (χ0n) is 13.5. The van der Waals surface area contributed by atoms with Gasteiger partial charge in [-0.1, -0.05) is 0 Å². The number of carbonyl (C=O) groups is 1. The van der Waals surface area contributed by atoms with Crippen LogP contribution in [0.25, 0.3) is 11.0 Å². The molecule has 7 heteroatoms. The molecule has 0 aliphatic heterocycles. The highest BCUT2D eigenvalue weighted by atomic mass is 32.2. The number of amides is 1. The molecule has 3 rings (SSSR count). The molecule has 0 radical (unpaired) electrons. The molecule has 0 spiro atoms. The van der Waals surface area contributed by atoms with Crippen LogP contribution in [0.5, 0.6) is 0 Å². The Bertz CT molecular complexity index is 859. The van der Waals surface area contributed by atoms with Gasteiger partial charge in [-0.15, -0.1) is 0 Å². The summed E-state index contributed by atoms with van der Waals surface area (Å²) < 4.78 is 18.7. The number of imidazole rings is 1. The second-order valence-electron chi connectivity index (χ2n) is 5.52. The lowest BCUT2D eigenvalue weighted by Gasteiger charge is -2.14. The van der Waals surface area contributed by atoms with Crippen LogP contribution in [0.3, 0.4) is 0 Å². The van der Waals surface area contributed by atoms with E-state index in [0.717, 1.165) is 17.3 Å². The summed E-state index contributed by atoms with van der Waals surface area (Å²) in [4.78, 5) is 21.4. The molecule has 0 saturated heterocycles. The summed E-state index contributed by atoms with van der Waals surface area (Å²) in [6.07, 6.45) is 2.53. The highest BCUT2D eigenvalue weighted by Gasteiger charge is 2.16. The summed E-state index contributed by atoms with van der Waals surface area (Å²) in [7, 11) is 1.72. The van der Waals surface area contributed by atoms with Gasteiger partial charge in [0.05, 0.1) is 16.8 Å². The third-order valence-corrected chi connectivity index (χ3v) is 4.26. The zero-order valence-corrected chi connectivity index (χ0v) is 14.3. The smallest absolute Gasteiger partial charge is 0.289 e. The maximum Gasteiger partial charge on any atom is 0.289 e. The van der Waals surface area contributed by atoms with E-state index >= 15 is 0 Å². The molecular formula is C17H18FN3O2S. The van der Waals surface area contributed by atoms with Gasteiger partial charge in [0.1, 0.15) is 17.4 Å². The average Bonchev–Trinajstić information content (AvgIpc) is 3.18. The number of nitrogens with one attached hydrogen (secondary N) is 1. The van der Waals surface area contributed by atoms with Gasteiger partial charge in [-0.2, -0.15) is 11.8 Å². The maximum absolute atomic E-state index is 13.2. The van der Waals surface area contributed by atoms with Crippen LogP contribution in [0, 0.1) is 5.82 Å². The SMILES string of the molecule is CSCc1ccc(C(=O)N(C)CCc2nc3ccc(F)cc3[nH]2)o1. The molecule has 0 saturated carbocycles. The number of halogens is 1. The minimum atomic E-state index is -0.302. The Morgan fingerprint density at radius 3 is 3.00 bits per heavy atom. The number of benzene rings is 1. The van der Waals surface area contributed by atoms with Gasteiger partial charge in [-0.05, 0) is 36.6 Å². The van der Waals surface area contributed by atoms with E-state index in [1.54, 1.807) is 35.8 Å². The maximum atomic E-state index is 13.2. The van der Waals surface area contributed by atoms with Gasteiger partial charge in [0, 0.05) is 20.0 Å². The molecule has 0 unspecified atom stereocenters. The lowest BCUT2D eigenvalue weighted by atomic mass is 10.3. The fourth-order valence-electron chi connectivity index (χ4n) is 2.43. The second-order valence-corrected chi connectivity index (χ2v) is 6.39. The predicted octanol–water partition coefficient (Wildman–Crippen LogP) is 3.47. The first-order valence-electron chi connectivity index (χ1n) is 7.54. The predicted molar refractivity (Wildman–Crippen MR) is 92.6 cm³/mol. The van der Waals surface area contributed by atoms with Gasteiger partial charge in [0.15, 0.2) is 5.76 Å². The molecule has 0 fully saturated rings. The number of aromatic nitrogens is 2. The fraction of sp³-hybridized carbons (Fsp3) is 0.294. The van der Waals surface area contributed by atoms with E-state index in [0.29, 0.717) is 29.8 Å². The number of carbonyl (C=O) groups excluding carboxylic acids is 1. The average molecular weight is 347 g/mol. The number of nitrogens with zero attached hydrogens (tertiary/aromatic N) is 2. The van der Waals surface area contributed by atoms with Crippen LogP contribution >= 0.6 is 11.8 Å². The van der Waals surface area contributed by atoms with Crippen molar-refractivity contribution in [1.82, 2.24) is 14.9 Å². The molecule has 0 bridgehead atoms. The van der Waals surface area contributed by atoms with Crippen molar-refractivity contribution in [2.24, 2.45) is 0 Å². The van der Waals surface area contributed by atoms with Gasteiger partial charge in [0.2, 0.25) is 0 Å². The normalized spacial score (nSPS) is 11.1. The lowest BCUT2D eigenvalue weighted by Crippen LogP contribution is -2.28. The first-order chi connectivity index (χ1) is 11.6. The van der Waals surface area contributed by atoms with E-state index in [1.807, 2.05) is 12.3 Å². The molecule has 3 aromatic rings. The van der Waals surface area contributed by atoms with Crippen molar-refractivity contribution >= 4 is 28.7 Å². The molecule has 5 nitrogen and oxygen atoms in total. The van der Waals surface area contributed by atoms with E-state index < -0.39 is 0 Å². The zero-order chi connectivity index (χ0) is 17.1. The standard InChI is InChI=1S/C17H18FN3O2S/c1-21(17(22)15-6-4-12(23-15)10-24-2)8-7-16-19-13-5-3-11(18)9-14(13)20-16/h3-6,9H,7-8,10H2,1-2H3,(H,19,20). The molecule has 2 aromatic heterocycles. The Balaban J connectivity index is 1.62. The highest BCUT2D eigenvalue weighted by molar-refractivity contribution is 7.97. The minimum Gasteiger partial charge on any atom is -0.455 e. The van der Waals surface area contributed by atoms with E-state index in [4.69, 9.17) is 4.42 Å². The van der Waals surface area contributed by atoms with Crippen LogP contribution in [0.15, 0.2) is 34.7 Å². The quantitative estimate of drug-likeness (QED) is 0.742. The Kier molecular flexibility index (Phi) is 4.89. The topological polar surface area (TPSA) is 62.1 Å². The summed E-state index contributed by atoms with van der Waals surface area (Å²) >= 11 is 1.64. The number of furan rings is 1. The summed E-state index contributed by atoms with van der Waals surface area (Å²) in [5.74, 6) is 2.13. The van der Waals surface area contributed by atoms with E-state index in [-0.39, 0.29) is 11.7 Å². The molecule has 1 amide bonds. The molecular weight excluding hydrogens is 329 g/mol. The number of rotatable bonds is 6. The third kappa shape index (κ3) is 3.62. The van der Waals surface area contributed by atoms with Crippen molar-refractivity contribution in [3.63, 3.8) is 0 Å². The first-order valence-corrected chi connectivity index (χ1v) is 8.93. The Morgan fingerprint density at radius 1 is 1.38 bits per heavy atom. The highest BCUT2D eigenvalue weighted by Crippen LogP contribution is 2.16. The van der Waals surface area contributed by atoms with Gasteiger partial charge in [-0.3, -0.25) is 4.79 Å². The molecule has 0 aliphatic carbocycles. The third-order valence-electron chi connectivity index (χ3n) is 3.68. The Hall–Kier alpha value is -2.28. The van der Waals surface area contributed by atoms with Crippen LogP contribution in [0.2, 0.25) is 0 Å². The Morgan fingerprint density at radius 2 is 2.21 bits per heavy atom. The second kappa shape index (κ2) is 7.09. The molecule has 0 aliphatic rings. The first kappa shape index (κ1) is 16.6. The van der Waals surface area contributed by atoms with Gasteiger partial charge < -0.3 is 14.3 Å². The largest absolute Gasteiger partial charge is 0.455 e. The van der Waals surface area contributed by atoms with Crippen LogP contribution in [-0.4, -0.2) is 40.6 Å². The van der Waals surface area contributed by atoms with Crippen LogP contribution < -0.4 is 0 Å². The number of likely N-dealkylation sites (N-methyl/N-ethyl adjacent to an activating group) is 1. The molecule has 2 heterocycles. The van der Waals surface area contributed by atoms with Gasteiger partial charge in [-0.25, -0.2) is 9.37 Å². The molecule has 126 valence electrons.